The molecule has 1 aromatic heterocycles. The number of fused-ring (bicyclic) bond motifs is 1. The summed E-state index contributed by atoms with van der Waals surface area (Å²) in [6, 6.07) is 9.33. The third-order valence-corrected chi connectivity index (χ3v) is 7.33. The Labute approximate surface area is 239 Å². The fraction of sp³-hybridized carbons (Fsp3) is 0.625. The highest BCUT2D eigenvalue weighted by Crippen LogP contribution is 2.33. The zero-order chi connectivity index (χ0) is 28.4. The van der Waals surface area contributed by atoms with Crippen LogP contribution in [0.5, 0.6) is 11.5 Å². The Morgan fingerprint density at radius 1 is 0.825 bits per heavy atom. The van der Waals surface area contributed by atoms with E-state index in [0.29, 0.717) is 49.9 Å². The standard InChI is InChI=1S/C32H48N2O6/c1-3-4-5-6-7-8-9-10-11-12-13-16-31(35)33(19-21-37-2)25-32(36)34(24-28-15-14-20-38-28)23-27-17-18-29-30(22-27)40-26-39-29/h14-15,17-18,20,22H,3-13,16,19,21,23-26H2,1-2H3. The molecule has 2 aromatic rings. The van der Waals surface area contributed by atoms with Crippen molar-refractivity contribution in [3.05, 3.63) is 47.9 Å². The van der Waals surface area contributed by atoms with Crippen LogP contribution in [-0.2, 0) is 27.4 Å². The van der Waals surface area contributed by atoms with Crippen LogP contribution in [0.15, 0.2) is 41.0 Å². The number of hydrogen-bond acceptors (Lipinski definition) is 6. The van der Waals surface area contributed by atoms with Crippen molar-refractivity contribution in [2.75, 3.05) is 33.6 Å². The first-order chi connectivity index (χ1) is 19.6. The largest absolute Gasteiger partial charge is 0.467 e. The first-order valence-corrected chi connectivity index (χ1v) is 15.1. The number of carbonyl (C=O) groups is 2. The lowest BCUT2D eigenvalue weighted by molar-refractivity contribution is -0.142. The fourth-order valence-corrected chi connectivity index (χ4v) is 4.94. The van der Waals surface area contributed by atoms with Crippen LogP contribution in [0.3, 0.4) is 0 Å². The van der Waals surface area contributed by atoms with E-state index in [9.17, 15) is 9.59 Å². The molecule has 40 heavy (non-hydrogen) atoms. The highest BCUT2D eigenvalue weighted by atomic mass is 16.7. The Morgan fingerprint density at radius 3 is 2.20 bits per heavy atom. The molecule has 8 heteroatoms. The topological polar surface area (TPSA) is 81.5 Å². The van der Waals surface area contributed by atoms with Gasteiger partial charge in [-0.05, 0) is 36.2 Å². The number of carbonyl (C=O) groups excluding carboxylic acids is 2. The number of unbranched alkanes of at least 4 members (excludes halogenated alkanes) is 10. The molecular formula is C32H48N2O6. The fourth-order valence-electron chi connectivity index (χ4n) is 4.94. The SMILES string of the molecule is CCCCCCCCCCCCCC(=O)N(CCOC)CC(=O)N(Cc1ccc2c(c1)OCO2)Cc1ccco1. The van der Waals surface area contributed by atoms with Crippen LogP contribution in [0.4, 0.5) is 0 Å². The number of ether oxygens (including phenoxy) is 3. The normalized spacial score (nSPS) is 12.1. The minimum absolute atomic E-state index is 0.00218. The van der Waals surface area contributed by atoms with Gasteiger partial charge >= 0.3 is 0 Å². The van der Waals surface area contributed by atoms with E-state index in [1.54, 1.807) is 29.2 Å². The van der Waals surface area contributed by atoms with Gasteiger partial charge in [0.15, 0.2) is 11.5 Å². The zero-order valence-electron chi connectivity index (χ0n) is 24.5. The number of methoxy groups -OCH3 is 1. The van der Waals surface area contributed by atoms with Gasteiger partial charge in [0, 0.05) is 26.6 Å². The van der Waals surface area contributed by atoms with Crippen LogP contribution in [0.25, 0.3) is 0 Å². The molecule has 0 saturated heterocycles. The van der Waals surface area contributed by atoms with Crippen molar-refractivity contribution < 1.29 is 28.2 Å². The van der Waals surface area contributed by atoms with Crippen molar-refractivity contribution in [1.29, 1.82) is 0 Å². The molecule has 0 bridgehead atoms. The van der Waals surface area contributed by atoms with E-state index in [4.69, 9.17) is 18.6 Å². The van der Waals surface area contributed by atoms with Gasteiger partial charge in [-0.3, -0.25) is 9.59 Å². The van der Waals surface area contributed by atoms with Crippen molar-refractivity contribution in [3.63, 3.8) is 0 Å². The van der Waals surface area contributed by atoms with Gasteiger partial charge in [0.2, 0.25) is 18.6 Å². The van der Waals surface area contributed by atoms with Gasteiger partial charge in [-0.1, -0.05) is 77.2 Å². The Morgan fingerprint density at radius 2 is 1.52 bits per heavy atom. The van der Waals surface area contributed by atoms with Crippen molar-refractivity contribution in [3.8, 4) is 11.5 Å². The molecule has 0 unspecified atom stereocenters. The van der Waals surface area contributed by atoms with Gasteiger partial charge in [-0.25, -0.2) is 0 Å². The number of nitrogens with zero attached hydrogens (tertiary/aromatic N) is 2. The van der Waals surface area contributed by atoms with Crippen LogP contribution in [0, 0.1) is 0 Å². The molecule has 3 rings (SSSR count). The van der Waals surface area contributed by atoms with Gasteiger partial charge < -0.3 is 28.4 Å². The van der Waals surface area contributed by atoms with Gasteiger partial charge in [0.1, 0.15) is 5.76 Å². The molecule has 0 spiro atoms. The number of benzene rings is 1. The average molecular weight is 557 g/mol. The van der Waals surface area contributed by atoms with E-state index >= 15 is 0 Å². The number of amides is 2. The van der Waals surface area contributed by atoms with Crippen molar-refractivity contribution in [2.24, 2.45) is 0 Å². The predicted molar refractivity (Wildman–Crippen MR) is 155 cm³/mol. The molecule has 0 aliphatic carbocycles. The van der Waals surface area contributed by atoms with E-state index in [0.717, 1.165) is 24.8 Å². The van der Waals surface area contributed by atoms with Gasteiger partial charge in [-0.15, -0.1) is 0 Å². The molecule has 8 nitrogen and oxygen atoms in total. The van der Waals surface area contributed by atoms with Crippen LogP contribution in [-0.4, -0.2) is 55.2 Å². The molecule has 0 fully saturated rings. The van der Waals surface area contributed by atoms with Crippen molar-refractivity contribution in [1.82, 2.24) is 9.80 Å². The summed E-state index contributed by atoms with van der Waals surface area (Å²) in [4.78, 5) is 30.0. The lowest BCUT2D eigenvalue weighted by Gasteiger charge is -2.27. The molecule has 222 valence electrons. The van der Waals surface area contributed by atoms with Crippen molar-refractivity contribution in [2.45, 2.75) is 97.1 Å². The summed E-state index contributed by atoms with van der Waals surface area (Å²) < 4.78 is 21.7. The summed E-state index contributed by atoms with van der Waals surface area (Å²) in [6.07, 6.45) is 15.6. The van der Waals surface area contributed by atoms with Crippen LogP contribution in [0.2, 0.25) is 0 Å². The maximum Gasteiger partial charge on any atom is 0.242 e. The molecule has 2 amide bonds. The minimum atomic E-state index is -0.141. The average Bonchev–Trinajstić information content (AvgIpc) is 3.65. The predicted octanol–water partition coefficient (Wildman–Crippen LogP) is 6.71. The molecule has 0 radical (unpaired) electrons. The molecular weight excluding hydrogens is 508 g/mol. The highest BCUT2D eigenvalue weighted by Gasteiger charge is 2.23. The smallest absolute Gasteiger partial charge is 0.242 e. The van der Waals surface area contributed by atoms with E-state index in [1.165, 1.54) is 51.4 Å². The third-order valence-electron chi connectivity index (χ3n) is 7.33. The Kier molecular flexibility index (Phi) is 14.5. The number of hydrogen-bond donors (Lipinski definition) is 0. The molecule has 0 atom stereocenters. The lowest BCUT2D eigenvalue weighted by Crippen LogP contribution is -2.43. The van der Waals surface area contributed by atoms with Crippen LogP contribution < -0.4 is 9.47 Å². The number of furan rings is 1. The summed E-state index contributed by atoms with van der Waals surface area (Å²) >= 11 is 0. The van der Waals surface area contributed by atoms with E-state index in [-0.39, 0.29) is 25.2 Å². The zero-order valence-corrected chi connectivity index (χ0v) is 24.5. The second-order valence-electron chi connectivity index (χ2n) is 10.6. The monoisotopic (exact) mass is 556 g/mol. The lowest BCUT2D eigenvalue weighted by atomic mass is 10.1. The maximum atomic E-state index is 13.5. The van der Waals surface area contributed by atoms with Crippen LogP contribution >= 0.6 is 0 Å². The molecule has 0 saturated carbocycles. The Balaban J connectivity index is 1.48. The molecule has 1 aliphatic rings. The first kappa shape index (κ1) is 31.5. The van der Waals surface area contributed by atoms with E-state index in [2.05, 4.69) is 6.92 Å². The maximum absolute atomic E-state index is 13.5. The summed E-state index contributed by atoms with van der Waals surface area (Å²) in [5, 5.41) is 0. The molecule has 2 heterocycles. The molecule has 0 N–H and O–H groups in total. The summed E-state index contributed by atoms with van der Waals surface area (Å²) in [5.74, 6) is 1.92. The molecule has 1 aliphatic heterocycles. The van der Waals surface area contributed by atoms with Gasteiger partial charge in [-0.2, -0.15) is 0 Å². The Hall–Kier alpha value is -3.00. The molecule has 1 aromatic carbocycles. The minimum Gasteiger partial charge on any atom is -0.467 e. The van der Waals surface area contributed by atoms with E-state index < -0.39 is 0 Å². The van der Waals surface area contributed by atoms with Crippen LogP contribution in [0.1, 0.15) is 95.3 Å². The number of rotatable bonds is 21. The Bertz CT molecular complexity index is 993. The second kappa shape index (κ2) is 18.4. The van der Waals surface area contributed by atoms with Gasteiger partial charge in [0.25, 0.3) is 0 Å². The van der Waals surface area contributed by atoms with E-state index in [1.807, 2.05) is 24.3 Å². The van der Waals surface area contributed by atoms with Crippen molar-refractivity contribution >= 4 is 11.8 Å². The van der Waals surface area contributed by atoms with Gasteiger partial charge in [0.05, 0.1) is 26.0 Å². The first-order valence-electron chi connectivity index (χ1n) is 15.1. The summed E-state index contributed by atoms with van der Waals surface area (Å²) in [6.45, 7) is 3.90. The summed E-state index contributed by atoms with van der Waals surface area (Å²) in [7, 11) is 1.61. The summed E-state index contributed by atoms with van der Waals surface area (Å²) in [5.41, 5.74) is 0.917. The highest BCUT2D eigenvalue weighted by molar-refractivity contribution is 5.84. The quantitative estimate of drug-likeness (QED) is 0.159. The second-order valence-corrected chi connectivity index (χ2v) is 10.6. The third kappa shape index (κ3) is 11.2.